The first kappa shape index (κ1) is 11.6. The number of para-hydroxylation sites is 1. The second-order valence-corrected chi connectivity index (χ2v) is 4.62. The number of terminal acetylenes is 1. The molecule has 15 heavy (non-hydrogen) atoms. The Kier molecular flexibility index (Phi) is 3.72. The number of benzene rings is 1. The molecule has 0 aliphatic carbocycles. The Bertz CT molecular complexity index is 474. The van der Waals surface area contributed by atoms with Crippen molar-refractivity contribution in [3.63, 3.8) is 0 Å². The fourth-order valence-electron chi connectivity index (χ4n) is 1.10. The van der Waals surface area contributed by atoms with Crippen LogP contribution in [0.5, 0.6) is 0 Å². The number of anilines is 1. The molecule has 0 amide bonds. The minimum atomic E-state index is -3.44. The predicted molar refractivity (Wildman–Crippen MR) is 60.0 cm³/mol. The monoisotopic (exact) mass is 224 g/mol. The van der Waals surface area contributed by atoms with Gasteiger partial charge >= 0.3 is 0 Å². The summed E-state index contributed by atoms with van der Waals surface area (Å²) in [5.41, 5.74) is 0.504. The fraction of sp³-hybridized carbons (Fsp3) is 0.200. The van der Waals surface area contributed by atoms with Crippen molar-refractivity contribution in [2.45, 2.75) is 4.90 Å². The molecular weight excluding hydrogens is 212 g/mol. The van der Waals surface area contributed by atoms with Gasteiger partial charge < -0.3 is 5.32 Å². The van der Waals surface area contributed by atoms with Gasteiger partial charge in [0.2, 0.25) is 10.0 Å². The summed E-state index contributed by atoms with van der Waals surface area (Å²) in [4.78, 5) is 0.197. The number of sulfonamides is 1. The van der Waals surface area contributed by atoms with Crippen LogP contribution < -0.4 is 10.0 Å². The van der Waals surface area contributed by atoms with Crippen LogP contribution in [0.3, 0.4) is 0 Å². The van der Waals surface area contributed by atoms with Gasteiger partial charge in [-0.2, -0.15) is 0 Å². The lowest BCUT2D eigenvalue weighted by atomic mass is 10.3. The SMILES string of the molecule is C#CCNc1ccccc1S(=O)(=O)NC. The highest BCUT2D eigenvalue weighted by molar-refractivity contribution is 7.89. The molecule has 0 fully saturated rings. The molecular formula is C10H12N2O2S. The lowest BCUT2D eigenvalue weighted by molar-refractivity contribution is 0.588. The Hall–Kier alpha value is -1.51. The van der Waals surface area contributed by atoms with E-state index < -0.39 is 10.0 Å². The molecule has 0 saturated heterocycles. The van der Waals surface area contributed by atoms with E-state index in [1.165, 1.54) is 13.1 Å². The third-order valence-corrected chi connectivity index (χ3v) is 3.30. The molecule has 4 nitrogen and oxygen atoms in total. The van der Waals surface area contributed by atoms with Gasteiger partial charge in [-0.1, -0.05) is 18.1 Å². The van der Waals surface area contributed by atoms with Crippen molar-refractivity contribution in [3.05, 3.63) is 24.3 Å². The van der Waals surface area contributed by atoms with Crippen molar-refractivity contribution in [2.75, 3.05) is 18.9 Å². The van der Waals surface area contributed by atoms with Gasteiger partial charge in [0.15, 0.2) is 0 Å². The molecule has 0 atom stereocenters. The maximum atomic E-state index is 11.6. The van der Waals surface area contributed by atoms with Crippen molar-refractivity contribution < 1.29 is 8.42 Å². The first-order valence-electron chi connectivity index (χ1n) is 4.31. The molecule has 2 N–H and O–H groups in total. The molecule has 5 heteroatoms. The lowest BCUT2D eigenvalue weighted by Gasteiger charge is -2.09. The van der Waals surface area contributed by atoms with E-state index in [1.54, 1.807) is 18.2 Å². The average molecular weight is 224 g/mol. The van der Waals surface area contributed by atoms with E-state index in [9.17, 15) is 8.42 Å². The van der Waals surface area contributed by atoms with Crippen LogP contribution in [0.15, 0.2) is 29.2 Å². The highest BCUT2D eigenvalue weighted by Crippen LogP contribution is 2.19. The summed E-state index contributed by atoms with van der Waals surface area (Å²) < 4.78 is 25.4. The molecule has 0 unspecified atom stereocenters. The summed E-state index contributed by atoms with van der Waals surface area (Å²) in [6.07, 6.45) is 5.09. The Morgan fingerprint density at radius 3 is 2.67 bits per heavy atom. The number of hydrogen-bond acceptors (Lipinski definition) is 3. The zero-order valence-electron chi connectivity index (χ0n) is 8.32. The van der Waals surface area contributed by atoms with Crippen molar-refractivity contribution in [1.82, 2.24) is 4.72 Å². The van der Waals surface area contributed by atoms with E-state index in [0.29, 0.717) is 5.69 Å². The molecule has 0 radical (unpaired) electrons. The Morgan fingerprint density at radius 1 is 1.40 bits per heavy atom. The number of hydrogen-bond donors (Lipinski definition) is 2. The van der Waals surface area contributed by atoms with Gasteiger partial charge in [0, 0.05) is 0 Å². The van der Waals surface area contributed by atoms with Gasteiger partial charge in [-0.05, 0) is 19.2 Å². The number of nitrogens with one attached hydrogen (secondary N) is 2. The molecule has 0 bridgehead atoms. The van der Waals surface area contributed by atoms with Crippen LogP contribution in [-0.2, 0) is 10.0 Å². The summed E-state index contributed by atoms with van der Waals surface area (Å²) in [6.45, 7) is 0.288. The minimum absolute atomic E-state index is 0.197. The van der Waals surface area contributed by atoms with Crippen LogP contribution in [0.1, 0.15) is 0 Å². The lowest BCUT2D eigenvalue weighted by Crippen LogP contribution is -2.20. The highest BCUT2D eigenvalue weighted by atomic mass is 32.2. The molecule has 0 spiro atoms. The van der Waals surface area contributed by atoms with Gasteiger partial charge in [-0.15, -0.1) is 6.42 Å². The summed E-state index contributed by atoms with van der Waals surface area (Å²) in [6, 6.07) is 6.59. The minimum Gasteiger partial charge on any atom is -0.373 e. The Labute approximate surface area is 89.8 Å². The standard InChI is InChI=1S/C10H12N2O2S/c1-3-8-12-9-6-4-5-7-10(9)15(13,14)11-2/h1,4-7,11-12H,8H2,2H3. The van der Waals surface area contributed by atoms with E-state index >= 15 is 0 Å². The Morgan fingerprint density at radius 2 is 2.07 bits per heavy atom. The molecule has 0 aromatic heterocycles. The van der Waals surface area contributed by atoms with E-state index in [-0.39, 0.29) is 11.4 Å². The van der Waals surface area contributed by atoms with Crippen molar-refractivity contribution >= 4 is 15.7 Å². The molecule has 0 aliphatic rings. The predicted octanol–water partition coefficient (Wildman–Crippen LogP) is 0.640. The summed E-state index contributed by atoms with van der Waals surface area (Å²) in [5, 5.41) is 2.85. The fourth-order valence-corrected chi connectivity index (χ4v) is 2.01. The van der Waals surface area contributed by atoms with E-state index in [1.807, 2.05) is 0 Å². The van der Waals surface area contributed by atoms with Crippen molar-refractivity contribution in [3.8, 4) is 12.3 Å². The highest BCUT2D eigenvalue weighted by Gasteiger charge is 2.14. The smallest absolute Gasteiger partial charge is 0.242 e. The van der Waals surface area contributed by atoms with Gasteiger partial charge in [-0.3, -0.25) is 0 Å². The summed E-state index contributed by atoms with van der Waals surface area (Å²) >= 11 is 0. The Balaban J connectivity index is 3.13. The van der Waals surface area contributed by atoms with Crippen LogP contribution in [0.2, 0.25) is 0 Å². The largest absolute Gasteiger partial charge is 0.373 e. The van der Waals surface area contributed by atoms with Crippen LogP contribution in [0.4, 0.5) is 5.69 Å². The summed E-state index contributed by atoms with van der Waals surface area (Å²) in [7, 11) is -2.07. The zero-order valence-corrected chi connectivity index (χ0v) is 9.14. The van der Waals surface area contributed by atoms with Gasteiger partial charge in [0.05, 0.1) is 12.2 Å². The number of rotatable bonds is 4. The van der Waals surface area contributed by atoms with E-state index in [0.717, 1.165) is 0 Å². The van der Waals surface area contributed by atoms with E-state index in [2.05, 4.69) is 16.0 Å². The first-order valence-corrected chi connectivity index (χ1v) is 5.80. The van der Waals surface area contributed by atoms with Crippen LogP contribution in [-0.4, -0.2) is 22.0 Å². The van der Waals surface area contributed by atoms with Crippen LogP contribution in [0, 0.1) is 12.3 Å². The molecule has 0 saturated carbocycles. The molecule has 0 heterocycles. The zero-order chi connectivity index (χ0) is 11.3. The van der Waals surface area contributed by atoms with Gasteiger partial charge in [-0.25, -0.2) is 13.1 Å². The van der Waals surface area contributed by atoms with Crippen LogP contribution >= 0.6 is 0 Å². The van der Waals surface area contributed by atoms with E-state index in [4.69, 9.17) is 6.42 Å². The second kappa shape index (κ2) is 4.82. The third kappa shape index (κ3) is 2.72. The quantitative estimate of drug-likeness (QED) is 0.738. The normalized spacial score (nSPS) is 10.7. The molecule has 1 aromatic rings. The van der Waals surface area contributed by atoms with Crippen LogP contribution in [0.25, 0.3) is 0 Å². The maximum Gasteiger partial charge on any atom is 0.242 e. The topological polar surface area (TPSA) is 58.2 Å². The molecule has 1 rings (SSSR count). The maximum absolute atomic E-state index is 11.6. The summed E-state index contributed by atoms with van der Waals surface area (Å²) in [5.74, 6) is 2.39. The molecule has 0 aliphatic heterocycles. The first-order chi connectivity index (χ1) is 7.11. The van der Waals surface area contributed by atoms with Crippen molar-refractivity contribution in [1.29, 1.82) is 0 Å². The van der Waals surface area contributed by atoms with Gasteiger partial charge in [0.25, 0.3) is 0 Å². The molecule has 1 aromatic carbocycles. The average Bonchev–Trinajstić information content (AvgIpc) is 2.26. The third-order valence-electron chi connectivity index (χ3n) is 1.83. The molecule has 80 valence electrons. The van der Waals surface area contributed by atoms with Gasteiger partial charge in [0.1, 0.15) is 4.90 Å². The van der Waals surface area contributed by atoms with Crippen molar-refractivity contribution in [2.24, 2.45) is 0 Å². The second-order valence-electron chi connectivity index (χ2n) is 2.76.